The van der Waals surface area contributed by atoms with E-state index in [1.165, 1.54) is 17.8 Å². The van der Waals surface area contributed by atoms with Gasteiger partial charge in [-0.25, -0.2) is 4.79 Å². The average Bonchev–Trinajstić information content (AvgIpc) is 2.93. The van der Waals surface area contributed by atoms with Crippen LogP contribution in [0.4, 0.5) is 4.79 Å². The van der Waals surface area contributed by atoms with Crippen molar-refractivity contribution in [2.45, 2.75) is 9.99 Å². The molecule has 1 heterocycles. The Hall–Kier alpha value is -2.69. The van der Waals surface area contributed by atoms with Crippen molar-refractivity contribution in [1.29, 1.82) is 5.26 Å². The molecule has 0 atom stereocenters. The minimum Gasteiger partial charge on any atom is -0.450 e. The van der Waals surface area contributed by atoms with E-state index in [9.17, 15) is 9.59 Å². The van der Waals surface area contributed by atoms with E-state index >= 15 is 0 Å². The Morgan fingerprint density at radius 2 is 1.96 bits per heavy atom. The molecule has 0 saturated heterocycles. The number of benzene rings is 1. The number of amides is 3. The van der Waals surface area contributed by atoms with Crippen molar-refractivity contribution in [3.8, 4) is 6.07 Å². The lowest BCUT2D eigenvalue weighted by Crippen LogP contribution is -2.35. The van der Waals surface area contributed by atoms with Crippen LogP contribution in [0.15, 0.2) is 56.4 Å². The van der Waals surface area contributed by atoms with Crippen LogP contribution in [0.1, 0.15) is 5.76 Å². The zero-order valence-electron chi connectivity index (χ0n) is 11.6. The van der Waals surface area contributed by atoms with E-state index in [0.29, 0.717) is 15.9 Å². The molecule has 3 amide bonds. The van der Waals surface area contributed by atoms with Crippen LogP contribution in [-0.4, -0.2) is 11.9 Å². The molecule has 116 valence electrons. The summed E-state index contributed by atoms with van der Waals surface area (Å²) < 4.78 is 5.51. The molecular weight excluding hydrogens is 338 g/mol. The number of furan rings is 1. The van der Waals surface area contributed by atoms with Gasteiger partial charge in [0.2, 0.25) is 0 Å². The highest BCUT2D eigenvalue weighted by molar-refractivity contribution is 7.99. The molecule has 1 aromatic carbocycles. The van der Waals surface area contributed by atoms with Crippen LogP contribution >= 0.6 is 23.4 Å². The molecule has 0 aliphatic heterocycles. The lowest BCUT2D eigenvalue weighted by molar-refractivity contribution is -0.115. The third-order valence-electron chi connectivity index (χ3n) is 2.52. The van der Waals surface area contributed by atoms with Gasteiger partial charge in [0.05, 0.1) is 0 Å². The summed E-state index contributed by atoms with van der Waals surface area (Å²) in [6.07, 6.45) is 1.23. The monoisotopic (exact) mass is 347 g/mol. The van der Waals surface area contributed by atoms with Gasteiger partial charge in [-0.05, 0) is 36.4 Å². The highest BCUT2D eigenvalue weighted by Crippen LogP contribution is 2.30. The van der Waals surface area contributed by atoms with Crippen molar-refractivity contribution in [1.82, 2.24) is 5.32 Å². The Bertz CT molecular complexity index is 806. The van der Waals surface area contributed by atoms with E-state index in [-0.39, 0.29) is 5.57 Å². The molecule has 0 saturated carbocycles. The van der Waals surface area contributed by atoms with Crippen LogP contribution < -0.4 is 11.1 Å². The lowest BCUT2D eigenvalue weighted by atomic mass is 10.2. The summed E-state index contributed by atoms with van der Waals surface area (Å²) >= 11 is 7.17. The zero-order chi connectivity index (χ0) is 16.8. The number of nitrogens with zero attached hydrogens (tertiary/aromatic N) is 1. The number of hydrogen-bond acceptors (Lipinski definition) is 5. The summed E-state index contributed by atoms with van der Waals surface area (Å²) in [7, 11) is 0. The Morgan fingerprint density at radius 1 is 1.26 bits per heavy atom. The van der Waals surface area contributed by atoms with E-state index in [1.54, 1.807) is 30.3 Å². The molecule has 6 nitrogen and oxygen atoms in total. The Labute approximate surface area is 140 Å². The first kappa shape index (κ1) is 16.7. The molecule has 0 radical (unpaired) electrons. The number of carbonyl (C=O) groups excluding carboxylic acids is 2. The first-order valence-corrected chi connectivity index (χ1v) is 7.43. The van der Waals surface area contributed by atoms with Crippen LogP contribution in [0.25, 0.3) is 6.08 Å². The molecule has 0 spiro atoms. The fraction of sp³-hybridized carbons (Fsp3) is 0. The summed E-state index contributed by atoms with van der Waals surface area (Å²) in [6.45, 7) is 0. The number of primary amides is 1. The Kier molecular flexibility index (Phi) is 5.46. The van der Waals surface area contributed by atoms with Gasteiger partial charge in [0.25, 0.3) is 5.91 Å². The van der Waals surface area contributed by atoms with Gasteiger partial charge >= 0.3 is 6.03 Å². The summed E-state index contributed by atoms with van der Waals surface area (Å²) in [5.74, 6) is -0.582. The summed E-state index contributed by atoms with van der Waals surface area (Å²) in [4.78, 5) is 23.1. The maximum atomic E-state index is 11.6. The molecule has 0 unspecified atom stereocenters. The Morgan fingerprint density at radius 3 is 2.57 bits per heavy atom. The summed E-state index contributed by atoms with van der Waals surface area (Å²) in [6, 6.07) is 11.2. The van der Waals surface area contributed by atoms with Gasteiger partial charge in [0.15, 0.2) is 5.09 Å². The molecule has 23 heavy (non-hydrogen) atoms. The number of imide groups is 1. The van der Waals surface area contributed by atoms with Crippen molar-refractivity contribution < 1.29 is 14.0 Å². The molecule has 0 bridgehead atoms. The number of nitrogens with one attached hydrogen (secondary N) is 1. The topological polar surface area (TPSA) is 109 Å². The van der Waals surface area contributed by atoms with Crippen LogP contribution in [0.2, 0.25) is 5.02 Å². The molecule has 0 aliphatic carbocycles. The first-order valence-electron chi connectivity index (χ1n) is 6.24. The van der Waals surface area contributed by atoms with Crippen molar-refractivity contribution in [2.24, 2.45) is 5.73 Å². The molecule has 8 heteroatoms. The third-order valence-corrected chi connectivity index (χ3v) is 3.70. The maximum absolute atomic E-state index is 11.6. The standard InChI is InChI=1S/C15H10ClN3O3S/c16-10-1-4-12(5-2-10)23-13-6-3-11(22-13)7-9(8-17)14(20)19-15(18)21/h1-7H,(H3,18,19,20,21)/b9-7-. The smallest absolute Gasteiger partial charge is 0.319 e. The largest absolute Gasteiger partial charge is 0.450 e. The van der Waals surface area contributed by atoms with Crippen LogP contribution in [0.5, 0.6) is 0 Å². The van der Waals surface area contributed by atoms with Gasteiger partial charge in [0.1, 0.15) is 17.4 Å². The highest BCUT2D eigenvalue weighted by atomic mass is 35.5. The predicted molar refractivity (Wildman–Crippen MR) is 85.6 cm³/mol. The van der Waals surface area contributed by atoms with E-state index < -0.39 is 11.9 Å². The van der Waals surface area contributed by atoms with Crippen molar-refractivity contribution >= 4 is 41.4 Å². The number of nitriles is 1. The van der Waals surface area contributed by atoms with E-state index in [0.717, 1.165) is 4.90 Å². The number of halogens is 1. The molecule has 1 aromatic heterocycles. The summed E-state index contributed by atoms with van der Waals surface area (Å²) in [5.41, 5.74) is 4.55. The molecule has 2 aromatic rings. The molecule has 3 N–H and O–H groups in total. The maximum Gasteiger partial charge on any atom is 0.319 e. The second kappa shape index (κ2) is 7.54. The van der Waals surface area contributed by atoms with Gasteiger partial charge in [-0.1, -0.05) is 23.4 Å². The van der Waals surface area contributed by atoms with Gasteiger partial charge in [-0.15, -0.1) is 0 Å². The predicted octanol–water partition coefficient (Wildman–Crippen LogP) is 3.19. The molecule has 2 rings (SSSR count). The van der Waals surface area contributed by atoms with Crippen LogP contribution in [-0.2, 0) is 4.79 Å². The second-order valence-corrected chi connectivity index (χ2v) is 5.72. The number of carbonyl (C=O) groups is 2. The quantitative estimate of drug-likeness (QED) is 0.652. The van der Waals surface area contributed by atoms with Crippen molar-refractivity contribution in [2.75, 3.05) is 0 Å². The number of nitrogens with two attached hydrogens (primary N) is 1. The number of hydrogen-bond donors (Lipinski definition) is 2. The van der Waals surface area contributed by atoms with E-state index in [2.05, 4.69) is 0 Å². The second-order valence-electron chi connectivity index (χ2n) is 4.20. The number of rotatable bonds is 4. The van der Waals surface area contributed by atoms with Crippen molar-refractivity contribution in [3.05, 3.63) is 52.8 Å². The average molecular weight is 348 g/mol. The van der Waals surface area contributed by atoms with E-state index in [1.807, 2.05) is 17.4 Å². The van der Waals surface area contributed by atoms with E-state index in [4.69, 9.17) is 27.0 Å². The fourth-order valence-corrected chi connectivity index (χ4v) is 2.46. The fourth-order valence-electron chi connectivity index (χ4n) is 1.56. The molecule has 0 aliphatic rings. The Balaban J connectivity index is 2.13. The number of urea groups is 1. The highest BCUT2D eigenvalue weighted by Gasteiger charge is 2.12. The molecule has 0 fully saturated rings. The first-order chi connectivity index (χ1) is 11.0. The minimum absolute atomic E-state index is 0.291. The van der Waals surface area contributed by atoms with Gasteiger partial charge in [0, 0.05) is 16.0 Å². The van der Waals surface area contributed by atoms with Gasteiger partial charge < -0.3 is 10.2 Å². The lowest BCUT2D eigenvalue weighted by Gasteiger charge is -1.98. The van der Waals surface area contributed by atoms with Crippen LogP contribution in [0, 0.1) is 11.3 Å². The zero-order valence-corrected chi connectivity index (χ0v) is 13.1. The third kappa shape index (κ3) is 4.92. The molecular formula is C15H10ClN3O3S. The normalized spacial score (nSPS) is 10.9. The van der Waals surface area contributed by atoms with Gasteiger partial charge in [-0.3, -0.25) is 10.1 Å². The minimum atomic E-state index is -1.03. The van der Waals surface area contributed by atoms with Gasteiger partial charge in [-0.2, -0.15) is 5.26 Å². The summed E-state index contributed by atoms with van der Waals surface area (Å²) in [5, 5.41) is 12.0. The van der Waals surface area contributed by atoms with Crippen LogP contribution in [0.3, 0.4) is 0 Å². The van der Waals surface area contributed by atoms with Crippen molar-refractivity contribution in [3.63, 3.8) is 0 Å². The SMILES string of the molecule is N#C/C(=C/c1ccc(Sc2ccc(Cl)cc2)o1)C(=O)NC(N)=O.